The summed E-state index contributed by atoms with van der Waals surface area (Å²) in [6.45, 7) is 2.04. The third kappa shape index (κ3) is 1.67. The van der Waals surface area contributed by atoms with E-state index in [-0.39, 0.29) is 0 Å². The summed E-state index contributed by atoms with van der Waals surface area (Å²) in [6, 6.07) is 12.1. The fourth-order valence-corrected chi connectivity index (χ4v) is 1.81. The van der Waals surface area contributed by atoms with E-state index >= 15 is 0 Å². The molecule has 1 aromatic carbocycles. The van der Waals surface area contributed by atoms with E-state index in [1.54, 1.807) is 10.7 Å². The molecule has 0 aliphatic carbocycles. The maximum atomic E-state index is 4.45. The van der Waals surface area contributed by atoms with Crippen LogP contribution in [-0.2, 0) is 6.42 Å². The predicted molar refractivity (Wildman–Crippen MR) is 65.6 cm³/mol. The summed E-state index contributed by atoms with van der Waals surface area (Å²) in [5.41, 5.74) is 2.13. The summed E-state index contributed by atoms with van der Waals surface area (Å²) in [4.78, 5) is 8.58. The van der Waals surface area contributed by atoms with Crippen molar-refractivity contribution in [2.75, 3.05) is 0 Å². The molecule has 0 radical (unpaired) electrons. The van der Waals surface area contributed by atoms with Gasteiger partial charge in [-0.3, -0.25) is 0 Å². The highest BCUT2D eigenvalue weighted by atomic mass is 15.3. The summed E-state index contributed by atoms with van der Waals surface area (Å²) in [5, 5.41) is 4.45. The van der Waals surface area contributed by atoms with Crippen molar-refractivity contribution < 1.29 is 0 Å². The first-order valence-electron chi connectivity index (χ1n) is 5.64. The molecule has 3 rings (SSSR count). The second-order valence-corrected chi connectivity index (χ2v) is 3.79. The number of benzene rings is 1. The molecule has 4 nitrogen and oxygen atoms in total. The van der Waals surface area contributed by atoms with Crippen molar-refractivity contribution in [2.24, 2.45) is 0 Å². The van der Waals surface area contributed by atoms with Crippen molar-refractivity contribution >= 4 is 5.78 Å². The number of hydrogen-bond acceptors (Lipinski definition) is 3. The molecule has 0 saturated carbocycles. The van der Waals surface area contributed by atoms with E-state index in [2.05, 4.69) is 27.2 Å². The fraction of sp³-hybridized carbons (Fsp3) is 0.154. The molecule has 0 spiro atoms. The number of aryl methyl sites for hydroxylation is 1. The zero-order valence-electron chi connectivity index (χ0n) is 9.54. The van der Waals surface area contributed by atoms with Gasteiger partial charge >= 0.3 is 0 Å². The number of rotatable bonds is 2. The Morgan fingerprint density at radius 1 is 1.12 bits per heavy atom. The molecule has 17 heavy (non-hydrogen) atoms. The van der Waals surface area contributed by atoms with Gasteiger partial charge in [0.2, 0.25) is 0 Å². The van der Waals surface area contributed by atoms with E-state index in [1.807, 2.05) is 31.2 Å². The Kier molecular flexibility index (Phi) is 2.33. The number of hydrogen-bond donors (Lipinski definition) is 0. The van der Waals surface area contributed by atoms with Gasteiger partial charge in [0, 0.05) is 18.2 Å². The van der Waals surface area contributed by atoms with Gasteiger partial charge < -0.3 is 0 Å². The van der Waals surface area contributed by atoms with E-state index in [9.17, 15) is 0 Å². The van der Waals surface area contributed by atoms with Crippen LogP contribution in [0.25, 0.3) is 17.0 Å². The molecule has 0 saturated heterocycles. The first kappa shape index (κ1) is 9.96. The molecule has 3 aromatic rings. The lowest BCUT2D eigenvalue weighted by atomic mass is 10.1. The first-order chi connectivity index (χ1) is 8.38. The van der Waals surface area contributed by atoms with Crippen molar-refractivity contribution in [2.45, 2.75) is 13.3 Å². The molecule has 0 aliphatic heterocycles. The Morgan fingerprint density at radius 3 is 2.71 bits per heavy atom. The van der Waals surface area contributed by atoms with Crippen LogP contribution >= 0.6 is 0 Å². The van der Waals surface area contributed by atoms with Crippen LogP contribution in [0.2, 0.25) is 0 Å². The van der Waals surface area contributed by atoms with Gasteiger partial charge in [0.15, 0.2) is 5.82 Å². The topological polar surface area (TPSA) is 43.1 Å². The first-order valence-corrected chi connectivity index (χ1v) is 5.64. The van der Waals surface area contributed by atoms with Crippen molar-refractivity contribution in [3.05, 3.63) is 48.4 Å². The van der Waals surface area contributed by atoms with E-state index in [4.69, 9.17) is 0 Å². The van der Waals surface area contributed by atoms with Gasteiger partial charge in [-0.1, -0.05) is 37.3 Å². The van der Waals surface area contributed by atoms with Gasteiger partial charge in [0.05, 0.1) is 5.69 Å². The summed E-state index contributed by atoms with van der Waals surface area (Å²) < 4.78 is 1.80. The van der Waals surface area contributed by atoms with Crippen LogP contribution in [-0.4, -0.2) is 19.6 Å². The summed E-state index contributed by atoms with van der Waals surface area (Å²) >= 11 is 0. The normalized spacial score (nSPS) is 10.9. The molecular weight excluding hydrogens is 212 g/mol. The average Bonchev–Trinajstić information content (AvgIpc) is 2.82. The summed E-state index contributed by atoms with van der Waals surface area (Å²) in [6.07, 6.45) is 2.59. The monoisotopic (exact) mass is 224 g/mol. The minimum Gasteiger partial charge on any atom is -0.220 e. The van der Waals surface area contributed by atoms with Crippen LogP contribution in [0.4, 0.5) is 0 Å². The molecule has 0 fully saturated rings. The highest BCUT2D eigenvalue weighted by molar-refractivity contribution is 5.60. The number of nitrogens with zero attached hydrogens (tertiary/aromatic N) is 4. The van der Waals surface area contributed by atoms with E-state index < -0.39 is 0 Å². The number of aromatic nitrogens is 4. The highest BCUT2D eigenvalue weighted by Gasteiger charge is 2.07. The lowest BCUT2D eigenvalue weighted by Gasteiger charge is -2.02. The molecule has 0 N–H and O–H groups in total. The molecule has 0 unspecified atom stereocenters. The quantitative estimate of drug-likeness (QED) is 0.671. The van der Waals surface area contributed by atoms with E-state index in [0.717, 1.165) is 23.5 Å². The van der Waals surface area contributed by atoms with Crippen LogP contribution in [0.3, 0.4) is 0 Å². The van der Waals surface area contributed by atoms with Crippen LogP contribution in [0.1, 0.15) is 12.7 Å². The standard InChI is InChI=1S/C13H12N4/c1-2-12-15-13-14-9-8-11(17(13)16-12)10-6-4-3-5-7-10/h3-9H,2H2,1H3. The molecule has 2 heterocycles. The number of fused-ring (bicyclic) bond motifs is 1. The Labute approximate surface area is 99.0 Å². The lowest BCUT2D eigenvalue weighted by molar-refractivity contribution is 0.885. The van der Waals surface area contributed by atoms with Gasteiger partial charge in [-0.15, -0.1) is 5.10 Å². The van der Waals surface area contributed by atoms with Crippen molar-refractivity contribution in [1.29, 1.82) is 0 Å². The van der Waals surface area contributed by atoms with Crippen LogP contribution in [0, 0.1) is 0 Å². The van der Waals surface area contributed by atoms with Crippen LogP contribution in [0.15, 0.2) is 42.6 Å². The minimum absolute atomic E-state index is 0.656. The molecule has 0 atom stereocenters. The van der Waals surface area contributed by atoms with Gasteiger partial charge in [-0.2, -0.15) is 9.50 Å². The second-order valence-electron chi connectivity index (χ2n) is 3.79. The Hall–Kier alpha value is -2.23. The fourth-order valence-electron chi connectivity index (χ4n) is 1.81. The summed E-state index contributed by atoms with van der Waals surface area (Å²) in [5.74, 6) is 1.48. The van der Waals surface area contributed by atoms with Gasteiger partial charge in [0.25, 0.3) is 5.78 Å². The molecular formula is C13H12N4. The van der Waals surface area contributed by atoms with E-state index in [0.29, 0.717) is 5.78 Å². The molecule has 2 aromatic heterocycles. The Morgan fingerprint density at radius 2 is 1.94 bits per heavy atom. The average molecular weight is 224 g/mol. The minimum atomic E-state index is 0.656. The zero-order chi connectivity index (χ0) is 11.7. The van der Waals surface area contributed by atoms with Gasteiger partial charge in [0.1, 0.15) is 0 Å². The van der Waals surface area contributed by atoms with Crippen LogP contribution in [0.5, 0.6) is 0 Å². The second kappa shape index (κ2) is 3.97. The lowest BCUT2D eigenvalue weighted by Crippen LogP contribution is -1.95. The molecule has 0 aliphatic rings. The third-order valence-electron chi connectivity index (χ3n) is 2.67. The third-order valence-corrected chi connectivity index (χ3v) is 2.67. The SMILES string of the molecule is CCc1nc2nccc(-c3ccccc3)n2n1. The Balaban J connectivity index is 2.26. The molecule has 0 bridgehead atoms. The molecule has 4 heteroatoms. The van der Waals surface area contributed by atoms with Gasteiger partial charge in [-0.05, 0) is 6.07 Å². The molecule has 84 valence electrons. The Bertz CT molecular complexity index is 643. The van der Waals surface area contributed by atoms with Crippen molar-refractivity contribution in [3.63, 3.8) is 0 Å². The van der Waals surface area contributed by atoms with Crippen LogP contribution < -0.4 is 0 Å². The maximum Gasteiger partial charge on any atom is 0.252 e. The highest BCUT2D eigenvalue weighted by Crippen LogP contribution is 2.18. The van der Waals surface area contributed by atoms with Crippen molar-refractivity contribution in [1.82, 2.24) is 19.6 Å². The van der Waals surface area contributed by atoms with Gasteiger partial charge in [-0.25, -0.2) is 4.98 Å². The predicted octanol–water partition coefficient (Wildman–Crippen LogP) is 2.35. The van der Waals surface area contributed by atoms with Crippen molar-refractivity contribution in [3.8, 4) is 11.3 Å². The largest absolute Gasteiger partial charge is 0.252 e. The smallest absolute Gasteiger partial charge is 0.220 e. The van der Waals surface area contributed by atoms with E-state index in [1.165, 1.54) is 0 Å². The summed E-state index contributed by atoms with van der Waals surface area (Å²) in [7, 11) is 0. The molecule has 0 amide bonds. The maximum absolute atomic E-state index is 4.45. The zero-order valence-corrected chi connectivity index (χ0v) is 9.54.